The molecule has 0 aromatic carbocycles. The summed E-state index contributed by atoms with van der Waals surface area (Å²) in [5, 5.41) is 7.71. The van der Waals surface area contributed by atoms with Crippen LogP contribution in [-0.2, 0) is 6.54 Å². The molecule has 0 saturated heterocycles. The van der Waals surface area contributed by atoms with Crippen molar-refractivity contribution in [2.75, 3.05) is 13.1 Å². The summed E-state index contributed by atoms with van der Waals surface area (Å²) in [4.78, 5) is 0. The molecule has 0 aliphatic rings. The van der Waals surface area contributed by atoms with E-state index in [4.69, 9.17) is 0 Å². The molecule has 1 heterocycles. The predicted octanol–water partition coefficient (Wildman–Crippen LogP) is 2.70. The summed E-state index contributed by atoms with van der Waals surface area (Å²) in [7, 11) is 0. The molecule has 0 fully saturated rings. The Morgan fingerprint density at radius 2 is 2.25 bits per heavy atom. The summed E-state index contributed by atoms with van der Waals surface area (Å²) < 4.78 is 2.06. The van der Waals surface area contributed by atoms with Gasteiger partial charge in [-0.25, -0.2) is 0 Å². The zero-order valence-electron chi connectivity index (χ0n) is 10.7. The Hall–Kier alpha value is -1.09. The van der Waals surface area contributed by atoms with E-state index in [1.165, 1.54) is 17.7 Å². The van der Waals surface area contributed by atoms with E-state index in [-0.39, 0.29) is 0 Å². The first-order chi connectivity index (χ1) is 7.77. The molecule has 1 aromatic heterocycles. The number of nitrogens with one attached hydrogen (secondary N) is 1. The summed E-state index contributed by atoms with van der Waals surface area (Å²) >= 11 is 0. The molecule has 0 bridgehead atoms. The molecule has 3 heteroatoms. The molecule has 3 nitrogen and oxygen atoms in total. The van der Waals surface area contributed by atoms with Crippen molar-refractivity contribution >= 4 is 6.08 Å². The second kappa shape index (κ2) is 7.23. The molecule has 0 unspecified atom stereocenters. The summed E-state index contributed by atoms with van der Waals surface area (Å²) in [5.74, 6) is 0. The van der Waals surface area contributed by atoms with Gasteiger partial charge in [-0.1, -0.05) is 19.4 Å². The van der Waals surface area contributed by atoms with E-state index < -0.39 is 0 Å². The molecule has 0 saturated carbocycles. The summed E-state index contributed by atoms with van der Waals surface area (Å²) in [6.07, 6.45) is 6.39. The van der Waals surface area contributed by atoms with Crippen LogP contribution in [-0.4, -0.2) is 22.9 Å². The quantitative estimate of drug-likeness (QED) is 0.717. The standard InChI is InChI=1S/C13H23N3/c1-4-7-14-11-12(3)10-13-6-8-15-16(13)9-5-2/h6,8,10,14H,4-5,7,9,11H2,1-3H3. The van der Waals surface area contributed by atoms with E-state index in [9.17, 15) is 0 Å². The Morgan fingerprint density at radius 1 is 1.44 bits per heavy atom. The van der Waals surface area contributed by atoms with Crippen molar-refractivity contribution in [1.29, 1.82) is 0 Å². The molecular formula is C13H23N3. The Labute approximate surface area is 98.5 Å². The third-order valence-corrected chi connectivity index (χ3v) is 2.41. The van der Waals surface area contributed by atoms with Gasteiger partial charge in [-0.3, -0.25) is 4.68 Å². The van der Waals surface area contributed by atoms with Crippen molar-refractivity contribution in [3.05, 3.63) is 23.5 Å². The SMILES string of the molecule is CCCNCC(C)=Cc1ccnn1CCC. The monoisotopic (exact) mass is 221 g/mol. The van der Waals surface area contributed by atoms with Gasteiger partial charge in [0.05, 0.1) is 5.69 Å². The number of nitrogens with zero attached hydrogens (tertiary/aromatic N) is 2. The van der Waals surface area contributed by atoms with Gasteiger partial charge >= 0.3 is 0 Å². The Morgan fingerprint density at radius 3 is 2.94 bits per heavy atom. The van der Waals surface area contributed by atoms with Gasteiger partial charge in [0.25, 0.3) is 0 Å². The lowest BCUT2D eigenvalue weighted by Crippen LogP contribution is -2.16. The maximum absolute atomic E-state index is 4.31. The molecule has 0 atom stereocenters. The van der Waals surface area contributed by atoms with Gasteiger partial charge in [0.2, 0.25) is 0 Å². The average Bonchev–Trinajstić information content (AvgIpc) is 2.67. The van der Waals surface area contributed by atoms with Crippen molar-refractivity contribution < 1.29 is 0 Å². The first-order valence-electron chi connectivity index (χ1n) is 6.17. The fraction of sp³-hybridized carbons (Fsp3) is 0.615. The molecule has 0 amide bonds. The lowest BCUT2D eigenvalue weighted by molar-refractivity contribution is 0.597. The minimum atomic E-state index is 0.963. The molecule has 1 aromatic rings. The summed E-state index contributed by atoms with van der Waals surface area (Å²) in [5.41, 5.74) is 2.56. The Bertz CT molecular complexity index is 326. The van der Waals surface area contributed by atoms with Crippen molar-refractivity contribution in [2.24, 2.45) is 0 Å². The fourth-order valence-electron chi connectivity index (χ4n) is 1.63. The van der Waals surface area contributed by atoms with Gasteiger partial charge in [0.15, 0.2) is 0 Å². The second-order valence-corrected chi connectivity index (χ2v) is 4.15. The number of aromatic nitrogens is 2. The number of rotatable bonds is 7. The third-order valence-electron chi connectivity index (χ3n) is 2.41. The number of hydrogen-bond donors (Lipinski definition) is 1. The minimum Gasteiger partial charge on any atom is -0.313 e. The highest BCUT2D eigenvalue weighted by molar-refractivity contribution is 5.48. The highest BCUT2D eigenvalue weighted by atomic mass is 15.3. The van der Waals surface area contributed by atoms with Crippen LogP contribution in [0.3, 0.4) is 0 Å². The molecule has 0 aliphatic carbocycles. The van der Waals surface area contributed by atoms with Crippen LogP contribution >= 0.6 is 0 Å². The molecule has 0 aliphatic heterocycles. The van der Waals surface area contributed by atoms with Crippen LogP contribution in [0, 0.1) is 0 Å². The molecule has 1 N–H and O–H groups in total. The minimum absolute atomic E-state index is 0.963. The van der Waals surface area contributed by atoms with Crippen molar-refractivity contribution in [2.45, 2.75) is 40.2 Å². The van der Waals surface area contributed by atoms with Crippen molar-refractivity contribution in [1.82, 2.24) is 15.1 Å². The molecular weight excluding hydrogens is 198 g/mol. The Balaban J connectivity index is 2.55. The maximum atomic E-state index is 4.31. The van der Waals surface area contributed by atoms with Gasteiger partial charge in [0.1, 0.15) is 0 Å². The molecule has 0 radical (unpaired) electrons. The van der Waals surface area contributed by atoms with Gasteiger partial charge < -0.3 is 5.32 Å². The number of aryl methyl sites for hydroxylation is 1. The van der Waals surface area contributed by atoms with Crippen LogP contribution < -0.4 is 5.32 Å². The second-order valence-electron chi connectivity index (χ2n) is 4.15. The van der Waals surface area contributed by atoms with Crippen LogP contribution in [0.25, 0.3) is 6.08 Å². The smallest absolute Gasteiger partial charge is 0.0609 e. The van der Waals surface area contributed by atoms with E-state index in [0.29, 0.717) is 0 Å². The zero-order valence-corrected chi connectivity index (χ0v) is 10.7. The Kier molecular flexibility index (Phi) is 5.86. The van der Waals surface area contributed by atoms with E-state index in [2.05, 4.69) is 48.0 Å². The first-order valence-corrected chi connectivity index (χ1v) is 6.17. The van der Waals surface area contributed by atoms with Crippen LogP contribution in [0.15, 0.2) is 17.8 Å². The predicted molar refractivity (Wildman–Crippen MR) is 69.3 cm³/mol. The molecule has 0 spiro atoms. The van der Waals surface area contributed by atoms with Crippen LogP contribution in [0.1, 0.15) is 39.3 Å². The highest BCUT2D eigenvalue weighted by Crippen LogP contribution is 2.06. The third kappa shape index (κ3) is 4.19. The molecule has 90 valence electrons. The van der Waals surface area contributed by atoms with Crippen LogP contribution in [0.5, 0.6) is 0 Å². The van der Waals surface area contributed by atoms with Crippen molar-refractivity contribution in [3.63, 3.8) is 0 Å². The van der Waals surface area contributed by atoms with Gasteiger partial charge in [-0.15, -0.1) is 0 Å². The van der Waals surface area contributed by atoms with E-state index >= 15 is 0 Å². The number of hydrogen-bond acceptors (Lipinski definition) is 2. The molecule has 1 rings (SSSR count). The highest BCUT2D eigenvalue weighted by Gasteiger charge is 1.98. The van der Waals surface area contributed by atoms with E-state index in [0.717, 1.165) is 26.1 Å². The molecule has 16 heavy (non-hydrogen) atoms. The van der Waals surface area contributed by atoms with Crippen LogP contribution in [0.2, 0.25) is 0 Å². The van der Waals surface area contributed by atoms with E-state index in [1.807, 2.05) is 6.20 Å². The average molecular weight is 221 g/mol. The van der Waals surface area contributed by atoms with Crippen LogP contribution in [0.4, 0.5) is 0 Å². The van der Waals surface area contributed by atoms with E-state index in [1.54, 1.807) is 0 Å². The van der Waals surface area contributed by atoms with Gasteiger partial charge in [-0.2, -0.15) is 5.10 Å². The normalized spacial score (nSPS) is 12.1. The topological polar surface area (TPSA) is 29.9 Å². The summed E-state index contributed by atoms with van der Waals surface area (Å²) in [6, 6.07) is 2.07. The summed E-state index contributed by atoms with van der Waals surface area (Å²) in [6.45, 7) is 9.55. The largest absolute Gasteiger partial charge is 0.313 e. The van der Waals surface area contributed by atoms with Crippen molar-refractivity contribution in [3.8, 4) is 0 Å². The first kappa shape index (κ1) is 13.0. The fourth-order valence-corrected chi connectivity index (χ4v) is 1.63. The van der Waals surface area contributed by atoms with Gasteiger partial charge in [0, 0.05) is 19.3 Å². The zero-order chi connectivity index (χ0) is 11.8. The van der Waals surface area contributed by atoms with Gasteiger partial charge in [-0.05, 0) is 38.5 Å². The lowest BCUT2D eigenvalue weighted by Gasteiger charge is -2.05. The lowest BCUT2D eigenvalue weighted by atomic mass is 10.2. The maximum Gasteiger partial charge on any atom is 0.0609 e.